The first-order valence-electron chi connectivity index (χ1n) is 5.93. The van der Waals surface area contributed by atoms with Gasteiger partial charge in [-0.1, -0.05) is 0 Å². The largest absolute Gasteiger partial charge is 0.364 e. The van der Waals surface area contributed by atoms with Crippen molar-refractivity contribution in [3.05, 3.63) is 29.2 Å². The van der Waals surface area contributed by atoms with Crippen LogP contribution in [0.15, 0.2) is 12.4 Å². The number of rotatable bonds is 5. The van der Waals surface area contributed by atoms with Crippen LogP contribution in [0, 0.1) is 13.8 Å². The predicted molar refractivity (Wildman–Crippen MR) is 68.2 cm³/mol. The van der Waals surface area contributed by atoms with Gasteiger partial charge in [-0.25, -0.2) is 4.39 Å². The summed E-state index contributed by atoms with van der Waals surface area (Å²) in [4.78, 5) is 0. The van der Waals surface area contributed by atoms with Gasteiger partial charge in [0.25, 0.3) is 0 Å². The Hall–Kier alpha value is -1.85. The Balaban J connectivity index is 2.03. The molecule has 0 saturated carbocycles. The SMILES string of the molecule is Cc1cn(CCF)nc1NCc1cnn(C)c1C. The van der Waals surface area contributed by atoms with Crippen molar-refractivity contribution in [3.63, 3.8) is 0 Å². The molecule has 2 heterocycles. The van der Waals surface area contributed by atoms with Crippen molar-refractivity contribution in [2.75, 3.05) is 12.0 Å². The standard InChI is InChI=1S/C12H18FN5/c1-9-8-18(5-4-13)16-12(9)14-6-11-7-15-17(3)10(11)2/h7-8H,4-6H2,1-3H3,(H,14,16). The third-order valence-corrected chi connectivity index (χ3v) is 3.04. The molecule has 0 spiro atoms. The molecule has 98 valence electrons. The molecule has 5 nitrogen and oxygen atoms in total. The molecule has 0 aliphatic carbocycles. The molecule has 0 aliphatic rings. The minimum Gasteiger partial charge on any atom is -0.364 e. The van der Waals surface area contributed by atoms with Gasteiger partial charge < -0.3 is 5.32 Å². The number of aryl methyl sites for hydroxylation is 3. The topological polar surface area (TPSA) is 47.7 Å². The molecule has 2 aromatic rings. The number of aromatic nitrogens is 4. The van der Waals surface area contributed by atoms with Gasteiger partial charge >= 0.3 is 0 Å². The van der Waals surface area contributed by atoms with Crippen molar-refractivity contribution in [2.24, 2.45) is 7.05 Å². The van der Waals surface area contributed by atoms with Crippen LogP contribution in [-0.4, -0.2) is 26.2 Å². The second-order valence-corrected chi connectivity index (χ2v) is 4.35. The minimum absolute atomic E-state index is 0.300. The maximum absolute atomic E-state index is 12.2. The molecule has 0 amide bonds. The molecule has 0 saturated heterocycles. The first-order valence-corrected chi connectivity index (χ1v) is 5.93. The number of hydrogen-bond acceptors (Lipinski definition) is 3. The van der Waals surface area contributed by atoms with Crippen molar-refractivity contribution in [2.45, 2.75) is 26.9 Å². The smallest absolute Gasteiger partial charge is 0.151 e. The summed E-state index contributed by atoms with van der Waals surface area (Å²) in [6, 6.07) is 0. The monoisotopic (exact) mass is 251 g/mol. The van der Waals surface area contributed by atoms with E-state index in [-0.39, 0.29) is 0 Å². The molecule has 2 rings (SSSR count). The Morgan fingerprint density at radius 3 is 2.78 bits per heavy atom. The van der Waals surface area contributed by atoms with Gasteiger partial charge in [-0.3, -0.25) is 9.36 Å². The summed E-state index contributed by atoms with van der Waals surface area (Å²) in [7, 11) is 1.92. The first-order chi connectivity index (χ1) is 8.61. The fraction of sp³-hybridized carbons (Fsp3) is 0.500. The molecule has 0 radical (unpaired) electrons. The van der Waals surface area contributed by atoms with E-state index in [4.69, 9.17) is 0 Å². The zero-order valence-corrected chi connectivity index (χ0v) is 10.9. The van der Waals surface area contributed by atoms with Gasteiger partial charge in [-0.15, -0.1) is 0 Å². The molecule has 0 aliphatic heterocycles. The Labute approximate surface area is 106 Å². The number of alkyl halides is 1. The van der Waals surface area contributed by atoms with Crippen LogP contribution in [0.5, 0.6) is 0 Å². The summed E-state index contributed by atoms with van der Waals surface area (Å²) < 4.78 is 15.7. The number of hydrogen-bond donors (Lipinski definition) is 1. The Morgan fingerprint density at radius 1 is 1.39 bits per heavy atom. The Kier molecular flexibility index (Phi) is 3.64. The van der Waals surface area contributed by atoms with Gasteiger partial charge in [0.1, 0.15) is 6.67 Å². The van der Waals surface area contributed by atoms with Crippen LogP contribution < -0.4 is 5.32 Å². The van der Waals surface area contributed by atoms with E-state index in [1.807, 2.05) is 38.0 Å². The molecular weight excluding hydrogens is 233 g/mol. The fourth-order valence-electron chi connectivity index (χ4n) is 1.79. The molecule has 0 aromatic carbocycles. The zero-order valence-electron chi connectivity index (χ0n) is 10.9. The van der Waals surface area contributed by atoms with E-state index in [9.17, 15) is 4.39 Å². The van der Waals surface area contributed by atoms with Crippen molar-refractivity contribution in [3.8, 4) is 0 Å². The quantitative estimate of drug-likeness (QED) is 0.881. The third-order valence-electron chi connectivity index (χ3n) is 3.04. The normalized spacial score (nSPS) is 10.9. The average molecular weight is 251 g/mol. The van der Waals surface area contributed by atoms with Crippen molar-refractivity contribution in [1.82, 2.24) is 19.6 Å². The molecule has 0 bridgehead atoms. The third kappa shape index (κ3) is 2.52. The lowest BCUT2D eigenvalue weighted by atomic mass is 10.2. The Bertz CT molecular complexity index is 529. The van der Waals surface area contributed by atoms with Gasteiger partial charge in [0, 0.05) is 36.6 Å². The maximum Gasteiger partial charge on any atom is 0.151 e. The molecule has 18 heavy (non-hydrogen) atoms. The summed E-state index contributed by atoms with van der Waals surface area (Å²) in [6.07, 6.45) is 3.69. The Morgan fingerprint density at radius 2 is 2.17 bits per heavy atom. The molecule has 6 heteroatoms. The summed E-state index contributed by atoms with van der Waals surface area (Å²) in [5.41, 5.74) is 3.28. The molecule has 0 unspecified atom stereocenters. The second kappa shape index (κ2) is 5.20. The molecule has 0 atom stereocenters. The van der Waals surface area contributed by atoms with Gasteiger partial charge in [0.2, 0.25) is 0 Å². The van der Waals surface area contributed by atoms with E-state index in [1.54, 1.807) is 4.68 Å². The zero-order chi connectivity index (χ0) is 13.1. The van der Waals surface area contributed by atoms with Gasteiger partial charge in [0.05, 0.1) is 12.7 Å². The highest BCUT2D eigenvalue weighted by Gasteiger charge is 2.07. The van der Waals surface area contributed by atoms with Crippen LogP contribution in [-0.2, 0) is 20.1 Å². The summed E-state index contributed by atoms with van der Waals surface area (Å²) in [5, 5.41) is 11.7. The highest BCUT2D eigenvalue weighted by Crippen LogP contribution is 2.14. The lowest BCUT2D eigenvalue weighted by Crippen LogP contribution is -2.04. The van der Waals surface area contributed by atoms with E-state index in [0.717, 1.165) is 22.6 Å². The van der Waals surface area contributed by atoms with Gasteiger partial charge in [-0.05, 0) is 13.8 Å². The van der Waals surface area contributed by atoms with E-state index in [1.165, 1.54) is 0 Å². The summed E-state index contributed by atoms with van der Waals surface area (Å²) in [6.45, 7) is 4.56. The highest BCUT2D eigenvalue weighted by atomic mass is 19.1. The molecule has 1 N–H and O–H groups in total. The first kappa shape index (κ1) is 12.6. The van der Waals surface area contributed by atoms with Crippen LogP contribution in [0.25, 0.3) is 0 Å². The number of halogens is 1. The lowest BCUT2D eigenvalue weighted by molar-refractivity contribution is 0.427. The average Bonchev–Trinajstić information content (AvgIpc) is 2.83. The number of nitrogens with one attached hydrogen (secondary N) is 1. The van der Waals surface area contributed by atoms with E-state index < -0.39 is 6.67 Å². The van der Waals surface area contributed by atoms with Crippen molar-refractivity contribution in [1.29, 1.82) is 0 Å². The van der Waals surface area contributed by atoms with Crippen molar-refractivity contribution < 1.29 is 4.39 Å². The van der Waals surface area contributed by atoms with Crippen molar-refractivity contribution >= 4 is 5.82 Å². The minimum atomic E-state index is -0.401. The predicted octanol–water partition coefficient (Wildman–Crippen LogP) is 1.82. The number of anilines is 1. The van der Waals surface area contributed by atoms with Gasteiger partial charge in [-0.2, -0.15) is 10.2 Å². The second-order valence-electron chi connectivity index (χ2n) is 4.35. The highest BCUT2D eigenvalue weighted by molar-refractivity contribution is 5.42. The van der Waals surface area contributed by atoms with E-state index >= 15 is 0 Å². The van der Waals surface area contributed by atoms with Crippen LogP contribution >= 0.6 is 0 Å². The van der Waals surface area contributed by atoms with Crippen LogP contribution in [0.2, 0.25) is 0 Å². The summed E-state index contributed by atoms with van der Waals surface area (Å²) >= 11 is 0. The van der Waals surface area contributed by atoms with Crippen LogP contribution in [0.1, 0.15) is 16.8 Å². The van der Waals surface area contributed by atoms with E-state index in [2.05, 4.69) is 15.5 Å². The molecule has 2 aromatic heterocycles. The van der Waals surface area contributed by atoms with Crippen LogP contribution in [0.3, 0.4) is 0 Å². The molecular formula is C12H18FN5. The fourth-order valence-corrected chi connectivity index (χ4v) is 1.79. The lowest BCUT2D eigenvalue weighted by Gasteiger charge is -2.04. The number of nitrogens with zero attached hydrogens (tertiary/aromatic N) is 4. The summed E-state index contributed by atoms with van der Waals surface area (Å²) in [5.74, 6) is 0.798. The van der Waals surface area contributed by atoms with Crippen LogP contribution in [0.4, 0.5) is 10.2 Å². The maximum atomic E-state index is 12.2. The van der Waals surface area contributed by atoms with Gasteiger partial charge in [0.15, 0.2) is 5.82 Å². The van der Waals surface area contributed by atoms with E-state index in [0.29, 0.717) is 13.1 Å². The molecule has 0 fully saturated rings.